The maximum Gasteiger partial charge on any atom is 0.257 e. The highest BCUT2D eigenvalue weighted by Gasteiger charge is 2.13. The molecule has 0 spiro atoms. The van der Waals surface area contributed by atoms with E-state index in [9.17, 15) is 4.79 Å². The number of benzene rings is 2. The summed E-state index contributed by atoms with van der Waals surface area (Å²) in [5.41, 5.74) is 2.53. The van der Waals surface area contributed by atoms with Crippen molar-refractivity contribution in [3.8, 4) is 11.5 Å². The minimum atomic E-state index is -0.101. The summed E-state index contributed by atoms with van der Waals surface area (Å²) in [6, 6.07) is 16.0. The van der Waals surface area contributed by atoms with E-state index >= 15 is 0 Å². The molecule has 1 N–H and O–H groups in total. The SMILES string of the molecule is CCCOc1ccccc1CCCNC(=O)COc1ccc(C(C)(C)C)cc1. The minimum Gasteiger partial charge on any atom is -0.493 e. The number of amides is 1. The van der Waals surface area contributed by atoms with Crippen LogP contribution in [0, 0.1) is 0 Å². The summed E-state index contributed by atoms with van der Waals surface area (Å²) in [4.78, 5) is 12.0. The molecule has 0 saturated heterocycles. The fraction of sp³-hybridized carbons (Fsp3) is 0.458. The van der Waals surface area contributed by atoms with Gasteiger partial charge in [0.2, 0.25) is 0 Å². The van der Waals surface area contributed by atoms with E-state index in [0.717, 1.165) is 31.6 Å². The van der Waals surface area contributed by atoms with Crippen molar-refractivity contribution in [1.82, 2.24) is 5.32 Å². The van der Waals surface area contributed by atoms with E-state index in [0.29, 0.717) is 12.3 Å². The smallest absolute Gasteiger partial charge is 0.257 e. The van der Waals surface area contributed by atoms with Crippen LogP contribution in [0.4, 0.5) is 0 Å². The van der Waals surface area contributed by atoms with Gasteiger partial charge in [-0.25, -0.2) is 0 Å². The number of rotatable bonds is 10. The molecule has 4 nitrogen and oxygen atoms in total. The average molecular weight is 384 g/mol. The maximum absolute atomic E-state index is 12.0. The first-order valence-corrected chi connectivity index (χ1v) is 10.1. The molecular weight excluding hydrogens is 350 g/mol. The maximum atomic E-state index is 12.0. The Balaban J connectivity index is 1.69. The van der Waals surface area contributed by atoms with Crippen LogP contribution in [0.25, 0.3) is 0 Å². The van der Waals surface area contributed by atoms with Gasteiger partial charge in [-0.05, 0) is 54.0 Å². The lowest BCUT2D eigenvalue weighted by Crippen LogP contribution is -2.29. The van der Waals surface area contributed by atoms with Crippen molar-refractivity contribution in [3.05, 3.63) is 59.7 Å². The minimum absolute atomic E-state index is 0.0328. The van der Waals surface area contributed by atoms with Crippen molar-refractivity contribution in [2.75, 3.05) is 19.8 Å². The molecule has 1 amide bonds. The Bertz CT molecular complexity index is 732. The molecule has 2 rings (SSSR count). The average Bonchev–Trinajstić information content (AvgIpc) is 2.68. The second-order valence-electron chi connectivity index (χ2n) is 7.97. The molecule has 152 valence electrons. The summed E-state index contributed by atoms with van der Waals surface area (Å²) >= 11 is 0. The quantitative estimate of drug-likeness (QED) is 0.594. The number of hydrogen-bond donors (Lipinski definition) is 1. The Morgan fingerprint density at radius 1 is 1.00 bits per heavy atom. The van der Waals surface area contributed by atoms with Crippen LogP contribution in [0.5, 0.6) is 11.5 Å². The van der Waals surface area contributed by atoms with Gasteiger partial charge in [0, 0.05) is 6.54 Å². The zero-order chi connectivity index (χ0) is 20.4. The van der Waals surface area contributed by atoms with Crippen LogP contribution in [-0.2, 0) is 16.6 Å². The van der Waals surface area contributed by atoms with Crippen LogP contribution in [0.15, 0.2) is 48.5 Å². The third-order valence-corrected chi connectivity index (χ3v) is 4.47. The van der Waals surface area contributed by atoms with E-state index in [1.165, 1.54) is 11.1 Å². The molecule has 28 heavy (non-hydrogen) atoms. The van der Waals surface area contributed by atoms with E-state index in [4.69, 9.17) is 9.47 Å². The summed E-state index contributed by atoms with van der Waals surface area (Å²) in [5, 5.41) is 2.92. The van der Waals surface area contributed by atoms with Gasteiger partial charge in [-0.1, -0.05) is 58.0 Å². The molecule has 0 unspecified atom stereocenters. The first-order chi connectivity index (χ1) is 13.4. The van der Waals surface area contributed by atoms with Crippen molar-refractivity contribution in [1.29, 1.82) is 0 Å². The lowest BCUT2D eigenvalue weighted by molar-refractivity contribution is -0.123. The highest BCUT2D eigenvalue weighted by molar-refractivity contribution is 5.77. The summed E-state index contributed by atoms with van der Waals surface area (Å²) in [6.45, 7) is 9.99. The Labute approximate surface area is 169 Å². The largest absolute Gasteiger partial charge is 0.493 e. The van der Waals surface area contributed by atoms with Crippen LogP contribution < -0.4 is 14.8 Å². The van der Waals surface area contributed by atoms with Crippen LogP contribution in [-0.4, -0.2) is 25.7 Å². The van der Waals surface area contributed by atoms with Crippen molar-refractivity contribution < 1.29 is 14.3 Å². The van der Waals surface area contributed by atoms with Gasteiger partial charge in [-0.15, -0.1) is 0 Å². The molecule has 0 aliphatic heterocycles. The van der Waals surface area contributed by atoms with Gasteiger partial charge in [-0.2, -0.15) is 0 Å². The number of carbonyl (C=O) groups excluding carboxylic acids is 1. The molecule has 0 heterocycles. The van der Waals surface area contributed by atoms with Crippen LogP contribution in [0.3, 0.4) is 0 Å². The zero-order valence-corrected chi connectivity index (χ0v) is 17.6. The first-order valence-electron chi connectivity index (χ1n) is 10.1. The number of carbonyl (C=O) groups is 1. The van der Waals surface area contributed by atoms with Crippen LogP contribution in [0.1, 0.15) is 51.7 Å². The fourth-order valence-electron chi connectivity index (χ4n) is 2.82. The highest BCUT2D eigenvalue weighted by Crippen LogP contribution is 2.24. The van der Waals surface area contributed by atoms with Crippen LogP contribution in [0.2, 0.25) is 0 Å². The summed E-state index contributed by atoms with van der Waals surface area (Å²) < 4.78 is 11.4. The molecule has 2 aromatic carbocycles. The molecule has 0 aliphatic rings. The van der Waals surface area contributed by atoms with E-state index in [2.05, 4.69) is 39.1 Å². The van der Waals surface area contributed by atoms with Gasteiger partial charge < -0.3 is 14.8 Å². The van der Waals surface area contributed by atoms with Gasteiger partial charge in [0.05, 0.1) is 6.61 Å². The zero-order valence-electron chi connectivity index (χ0n) is 17.6. The summed E-state index contributed by atoms with van der Waals surface area (Å²) in [7, 11) is 0. The van der Waals surface area contributed by atoms with Gasteiger partial charge in [0.15, 0.2) is 6.61 Å². The van der Waals surface area contributed by atoms with Gasteiger partial charge >= 0.3 is 0 Å². The standard InChI is InChI=1S/C24H33NO3/c1-5-17-27-22-11-7-6-9-19(22)10-8-16-25-23(26)18-28-21-14-12-20(13-15-21)24(2,3)4/h6-7,9,11-15H,5,8,10,16-18H2,1-4H3,(H,25,26). The van der Waals surface area contributed by atoms with E-state index < -0.39 is 0 Å². The topological polar surface area (TPSA) is 47.6 Å². The number of aryl methyl sites for hydroxylation is 1. The molecular formula is C24H33NO3. The molecule has 0 saturated carbocycles. The Kier molecular flexibility index (Phi) is 8.37. The van der Waals surface area contributed by atoms with Crippen LogP contribution >= 0.6 is 0 Å². The second-order valence-corrected chi connectivity index (χ2v) is 7.97. The monoisotopic (exact) mass is 383 g/mol. The van der Waals surface area contributed by atoms with Crippen molar-refractivity contribution in [3.63, 3.8) is 0 Å². The van der Waals surface area contributed by atoms with Gasteiger partial charge in [0.1, 0.15) is 11.5 Å². The Hall–Kier alpha value is -2.49. The fourth-order valence-corrected chi connectivity index (χ4v) is 2.82. The highest BCUT2D eigenvalue weighted by atomic mass is 16.5. The lowest BCUT2D eigenvalue weighted by Gasteiger charge is -2.19. The van der Waals surface area contributed by atoms with Gasteiger partial charge in [-0.3, -0.25) is 4.79 Å². The summed E-state index contributed by atoms with van der Waals surface area (Å²) in [6.07, 6.45) is 2.72. The second kappa shape index (κ2) is 10.7. The first kappa shape index (κ1) is 21.8. The van der Waals surface area contributed by atoms with Gasteiger partial charge in [0.25, 0.3) is 5.91 Å². The molecule has 2 aromatic rings. The van der Waals surface area contributed by atoms with Crippen molar-refractivity contribution in [2.45, 2.75) is 52.4 Å². The van der Waals surface area contributed by atoms with E-state index in [1.807, 2.05) is 42.5 Å². The Morgan fingerprint density at radius 3 is 2.39 bits per heavy atom. The molecule has 0 fully saturated rings. The number of para-hydroxylation sites is 1. The summed E-state index contributed by atoms with van der Waals surface area (Å²) in [5.74, 6) is 1.55. The molecule has 0 aliphatic carbocycles. The number of ether oxygens (including phenoxy) is 2. The third kappa shape index (κ3) is 7.26. The Morgan fingerprint density at radius 2 is 1.71 bits per heavy atom. The molecule has 0 radical (unpaired) electrons. The number of nitrogens with one attached hydrogen (secondary N) is 1. The number of hydrogen-bond acceptors (Lipinski definition) is 3. The van der Waals surface area contributed by atoms with Crippen molar-refractivity contribution in [2.24, 2.45) is 0 Å². The molecule has 0 aromatic heterocycles. The predicted octanol–water partition coefficient (Wildman–Crippen LogP) is 4.90. The predicted molar refractivity (Wildman–Crippen MR) is 114 cm³/mol. The van der Waals surface area contributed by atoms with Crippen molar-refractivity contribution >= 4 is 5.91 Å². The molecule has 4 heteroatoms. The van der Waals surface area contributed by atoms with E-state index in [1.54, 1.807) is 0 Å². The normalized spacial score (nSPS) is 11.1. The van der Waals surface area contributed by atoms with E-state index in [-0.39, 0.29) is 17.9 Å². The lowest BCUT2D eigenvalue weighted by atomic mass is 9.87. The third-order valence-electron chi connectivity index (χ3n) is 4.47. The molecule has 0 atom stereocenters. The molecule has 0 bridgehead atoms.